The van der Waals surface area contributed by atoms with Gasteiger partial charge in [0.2, 0.25) is 0 Å². The Balaban J connectivity index is 2.25. The standard InChI is InChI=1S/C19H27N3O4/c1-12(2)20-19(23)22(13(3)4)11-14-9-18(26-21-14)16-10-15(24-5)7-8-17(16)25-6/h7-10,12-13H,11H2,1-6H3,(H,20,23). The molecule has 7 nitrogen and oxygen atoms in total. The van der Waals surface area contributed by atoms with Gasteiger partial charge in [0.15, 0.2) is 5.76 Å². The van der Waals surface area contributed by atoms with E-state index >= 15 is 0 Å². The Morgan fingerprint density at radius 3 is 2.50 bits per heavy atom. The van der Waals surface area contributed by atoms with E-state index < -0.39 is 0 Å². The van der Waals surface area contributed by atoms with Crippen LogP contribution >= 0.6 is 0 Å². The van der Waals surface area contributed by atoms with Crippen molar-refractivity contribution in [2.75, 3.05) is 14.2 Å². The van der Waals surface area contributed by atoms with E-state index in [1.165, 1.54) is 0 Å². The molecule has 0 spiro atoms. The van der Waals surface area contributed by atoms with Gasteiger partial charge in [-0.25, -0.2) is 4.79 Å². The number of benzene rings is 1. The second-order valence-electron chi connectivity index (χ2n) is 6.57. The molecule has 0 fully saturated rings. The van der Waals surface area contributed by atoms with Crippen LogP contribution in [0.5, 0.6) is 11.5 Å². The van der Waals surface area contributed by atoms with Gasteiger partial charge in [-0.2, -0.15) is 0 Å². The fourth-order valence-corrected chi connectivity index (χ4v) is 2.51. The number of hydrogen-bond acceptors (Lipinski definition) is 5. The fourth-order valence-electron chi connectivity index (χ4n) is 2.51. The fraction of sp³-hybridized carbons (Fsp3) is 0.474. The van der Waals surface area contributed by atoms with Crippen molar-refractivity contribution in [3.63, 3.8) is 0 Å². The van der Waals surface area contributed by atoms with Crippen molar-refractivity contribution in [3.05, 3.63) is 30.0 Å². The molecule has 0 atom stereocenters. The summed E-state index contributed by atoms with van der Waals surface area (Å²) in [6, 6.07) is 7.24. The number of nitrogens with zero attached hydrogens (tertiary/aromatic N) is 2. The highest BCUT2D eigenvalue weighted by molar-refractivity contribution is 5.75. The van der Waals surface area contributed by atoms with Crippen LogP contribution < -0.4 is 14.8 Å². The summed E-state index contributed by atoms with van der Waals surface area (Å²) in [5, 5.41) is 7.02. The Morgan fingerprint density at radius 2 is 1.92 bits per heavy atom. The van der Waals surface area contributed by atoms with Crippen molar-refractivity contribution in [3.8, 4) is 22.8 Å². The molecular formula is C19H27N3O4. The molecule has 0 aliphatic carbocycles. The predicted octanol–water partition coefficient (Wildman–Crippen LogP) is 3.69. The summed E-state index contributed by atoms with van der Waals surface area (Å²) >= 11 is 0. The number of carbonyl (C=O) groups is 1. The van der Waals surface area contributed by atoms with Gasteiger partial charge in [0.05, 0.1) is 26.3 Å². The van der Waals surface area contributed by atoms with E-state index in [4.69, 9.17) is 14.0 Å². The van der Waals surface area contributed by atoms with E-state index in [1.54, 1.807) is 19.1 Å². The summed E-state index contributed by atoms with van der Waals surface area (Å²) in [7, 11) is 3.20. The van der Waals surface area contributed by atoms with Crippen LogP contribution in [-0.4, -0.2) is 42.4 Å². The average Bonchev–Trinajstić information content (AvgIpc) is 3.06. The lowest BCUT2D eigenvalue weighted by Gasteiger charge is -2.27. The van der Waals surface area contributed by atoms with Gasteiger partial charge in [0.1, 0.15) is 17.2 Å². The highest BCUT2D eigenvalue weighted by Crippen LogP contribution is 2.33. The molecule has 1 N–H and O–H groups in total. The van der Waals surface area contributed by atoms with Crippen molar-refractivity contribution < 1.29 is 18.8 Å². The number of amides is 2. The summed E-state index contributed by atoms with van der Waals surface area (Å²) in [6.07, 6.45) is 0. The Morgan fingerprint density at radius 1 is 1.19 bits per heavy atom. The first kappa shape index (κ1) is 19.6. The number of aromatic nitrogens is 1. The quantitative estimate of drug-likeness (QED) is 0.814. The van der Waals surface area contributed by atoms with Gasteiger partial charge in [0, 0.05) is 18.2 Å². The van der Waals surface area contributed by atoms with E-state index in [1.807, 2.05) is 52.0 Å². The van der Waals surface area contributed by atoms with Gasteiger partial charge in [-0.05, 0) is 45.9 Å². The van der Waals surface area contributed by atoms with Crippen molar-refractivity contribution in [2.24, 2.45) is 0 Å². The van der Waals surface area contributed by atoms with Gasteiger partial charge >= 0.3 is 6.03 Å². The number of carbonyl (C=O) groups excluding carboxylic acids is 1. The van der Waals surface area contributed by atoms with Gasteiger partial charge in [-0.1, -0.05) is 5.16 Å². The Bertz CT molecular complexity index is 740. The van der Waals surface area contributed by atoms with E-state index in [0.29, 0.717) is 29.5 Å². The molecular weight excluding hydrogens is 334 g/mol. The first-order valence-electron chi connectivity index (χ1n) is 8.60. The summed E-state index contributed by atoms with van der Waals surface area (Å²) in [5.41, 5.74) is 1.41. The third-order valence-electron chi connectivity index (χ3n) is 3.86. The van der Waals surface area contributed by atoms with Crippen molar-refractivity contribution in [1.29, 1.82) is 0 Å². The van der Waals surface area contributed by atoms with Crippen molar-refractivity contribution in [2.45, 2.75) is 46.3 Å². The maximum atomic E-state index is 12.4. The number of urea groups is 1. The van der Waals surface area contributed by atoms with Crippen LogP contribution in [0.25, 0.3) is 11.3 Å². The average molecular weight is 361 g/mol. The van der Waals surface area contributed by atoms with Crippen LogP contribution in [0.1, 0.15) is 33.4 Å². The minimum atomic E-state index is -0.126. The minimum absolute atomic E-state index is 0.0280. The van der Waals surface area contributed by atoms with Crippen LogP contribution in [0, 0.1) is 0 Å². The SMILES string of the molecule is COc1ccc(OC)c(-c2cc(CN(C(=O)NC(C)C)C(C)C)no2)c1. The maximum Gasteiger partial charge on any atom is 0.318 e. The van der Waals surface area contributed by atoms with Crippen LogP contribution in [-0.2, 0) is 6.54 Å². The monoisotopic (exact) mass is 361 g/mol. The van der Waals surface area contributed by atoms with Crippen molar-refractivity contribution >= 4 is 6.03 Å². The van der Waals surface area contributed by atoms with E-state index in [2.05, 4.69) is 10.5 Å². The van der Waals surface area contributed by atoms with Gasteiger partial charge in [-0.3, -0.25) is 0 Å². The highest BCUT2D eigenvalue weighted by atomic mass is 16.5. The summed E-state index contributed by atoms with van der Waals surface area (Å²) in [6.45, 7) is 8.14. The first-order chi connectivity index (χ1) is 12.3. The van der Waals surface area contributed by atoms with E-state index in [0.717, 1.165) is 5.56 Å². The lowest BCUT2D eigenvalue weighted by molar-refractivity contribution is 0.175. The van der Waals surface area contributed by atoms with Crippen LogP contribution in [0.4, 0.5) is 4.79 Å². The third-order valence-corrected chi connectivity index (χ3v) is 3.86. The highest BCUT2D eigenvalue weighted by Gasteiger charge is 2.21. The molecule has 1 heterocycles. The summed E-state index contributed by atoms with van der Waals surface area (Å²) in [5.74, 6) is 1.91. The number of methoxy groups -OCH3 is 2. The largest absolute Gasteiger partial charge is 0.497 e. The maximum absolute atomic E-state index is 12.4. The Kier molecular flexibility index (Phi) is 6.49. The van der Waals surface area contributed by atoms with Gasteiger partial charge < -0.3 is 24.2 Å². The Labute approximate surface area is 154 Å². The lowest BCUT2D eigenvalue weighted by atomic mass is 10.1. The third kappa shape index (κ3) is 4.68. The first-order valence-corrected chi connectivity index (χ1v) is 8.60. The summed E-state index contributed by atoms with van der Waals surface area (Å²) < 4.78 is 16.2. The zero-order chi connectivity index (χ0) is 19.3. The number of hydrogen-bond donors (Lipinski definition) is 1. The number of rotatable bonds is 7. The van der Waals surface area contributed by atoms with E-state index in [-0.39, 0.29) is 18.1 Å². The second kappa shape index (κ2) is 8.60. The summed E-state index contributed by atoms with van der Waals surface area (Å²) in [4.78, 5) is 14.1. The molecule has 7 heteroatoms. The van der Waals surface area contributed by atoms with Crippen molar-refractivity contribution in [1.82, 2.24) is 15.4 Å². The molecule has 0 radical (unpaired) electrons. The molecule has 0 unspecified atom stereocenters. The van der Waals surface area contributed by atoms with Gasteiger partial charge in [0.25, 0.3) is 0 Å². The number of nitrogens with one attached hydrogen (secondary N) is 1. The molecule has 2 amide bonds. The van der Waals surface area contributed by atoms with Crippen LogP contribution in [0.15, 0.2) is 28.8 Å². The molecule has 2 rings (SSSR count). The predicted molar refractivity (Wildman–Crippen MR) is 99.4 cm³/mol. The molecule has 26 heavy (non-hydrogen) atoms. The molecule has 0 saturated heterocycles. The Hall–Kier alpha value is -2.70. The number of ether oxygens (including phenoxy) is 2. The zero-order valence-electron chi connectivity index (χ0n) is 16.2. The van der Waals surface area contributed by atoms with Gasteiger partial charge in [-0.15, -0.1) is 0 Å². The lowest BCUT2D eigenvalue weighted by Crippen LogP contribution is -2.45. The molecule has 0 aliphatic heterocycles. The van der Waals surface area contributed by atoms with Crippen LogP contribution in [0.3, 0.4) is 0 Å². The molecule has 1 aromatic carbocycles. The minimum Gasteiger partial charge on any atom is -0.497 e. The molecule has 0 saturated carbocycles. The molecule has 1 aromatic heterocycles. The molecule has 0 aliphatic rings. The zero-order valence-corrected chi connectivity index (χ0v) is 16.2. The normalized spacial score (nSPS) is 10.9. The van der Waals surface area contributed by atoms with E-state index in [9.17, 15) is 4.79 Å². The molecule has 0 bridgehead atoms. The molecule has 2 aromatic rings. The smallest absolute Gasteiger partial charge is 0.318 e. The van der Waals surface area contributed by atoms with Crippen LogP contribution in [0.2, 0.25) is 0 Å². The topological polar surface area (TPSA) is 76.8 Å². The molecule has 142 valence electrons. The second-order valence-corrected chi connectivity index (χ2v) is 6.57.